The molecule has 0 spiro atoms. The molecule has 2 rings (SSSR count). The lowest BCUT2D eigenvalue weighted by Gasteiger charge is -2.43. The van der Waals surface area contributed by atoms with Gasteiger partial charge in [-0.1, -0.05) is 5.92 Å². The van der Waals surface area contributed by atoms with Gasteiger partial charge in [0, 0.05) is 0 Å². The summed E-state index contributed by atoms with van der Waals surface area (Å²) in [4.78, 5) is 0. The van der Waals surface area contributed by atoms with E-state index in [2.05, 4.69) is 11.2 Å². The van der Waals surface area contributed by atoms with Crippen molar-refractivity contribution in [3.63, 3.8) is 0 Å². The maximum absolute atomic E-state index is 10.4. The van der Waals surface area contributed by atoms with Crippen molar-refractivity contribution in [2.75, 3.05) is 26.3 Å². The van der Waals surface area contributed by atoms with Crippen molar-refractivity contribution in [2.45, 2.75) is 54.8 Å². The summed E-state index contributed by atoms with van der Waals surface area (Å²) in [5, 5.41) is 71.4. The van der Waals surface area contributed by atoms with E-state index in [4.69, 9.17) is 20.6 Å². The normalized spacial score (nSPS) is 46.2. The van der Waals surface area contributed by atoms with Crippen LogP contribution in [-0.4, -0.2) is 117 Å². The van der Waals surface area contributed by atoms with Crippen molar-refractivity contribution in [1.29, 1.82) is 0 Å². The van der Waals surface area contributed by atoms with E-state index in [1.54, 1.807) is 0 Å². The third-order valence-electron chi connectivity index (χ3n) is 4.45. The van der Waals surface area contributed by atoms with Gasteiger partial charge in [-0.3, -0.25) is 0 Å². The Morgan fingerprint density at radius 1 is 0.962 bits per heavy atom. The minimum Gasteiger partial charge on any atom is -0.394 e. The summed E-state index contributed by atoms with van der Waals surface area (Å²) in [6.45, 7) is -1.47. The van der Waals surface area contributed by atoms with Crippen LogP contribution < -0.4 is 5.32 Å². The number of aliphatic hydroxyl groups excluding tert-OH is 7. The fourth-order valence-electron chi connectivity index (χ4n) is 2.96. The highest BCUT2D eigenvalue weighted by Gasteiger charge is 2.58. The van der Waals surface area contributed by atoms with Crippen LogP contribution in [0.3, 0.4) is 0 Å². The van der Waals surface area contributed by atoms with Crippen molar-refractivity contribution in [3.05, 3.63) is 0 Å². The van der Waals surface area contributed by atoms with E-state index >= 15 is 0 Å². The Labute approximate surface area is 149 Å². The van der Waals surface area contributed by atoms with Crippen LogP contribution in [-0.2, 0) is 14.2 Å². The van der Waals surface area contributed by atoms with Gasteiger partial charge in [0.05, 0.1) is 26.3 Å². The number of hydrogen-bond acceptors (Lipinski definition) is 11. The second kappa shape index (κ2) is 8.87. The summed E-state index contributed by atoms with van der Waals surface area (Å²) in [6, 6.07) is 0. The molecule has 0 unspecified atom stereocenters. The lowest BCUT2D eigenvalue weighted by atomic mass is 9.99. The van der Waals surface area contributed by atoms with Gasteiger partial charge >= 0.3 is 0 Å². The molecule has 0 aliphatic carbocycles. The first-order chi connectivity index (χ1) is 12.3. The molecule has 26 heavy (non-hydrogen) atoms. The summed E-state index contributed by atoms with van der Waals surface area (Å²) in [5.41, 5.74) is 0. The first kappa shape index (κ1) is 21.4. The Kier molecular flexibility index (Phi) is 7.31. The molecule has 2 aliphatic rings. The van der Waals surface area contributed by atoms with Gasteiger partial charge in [-0.15, -0.1) is 6.42 Å². The minimum atomic E-state index is -1.97. The molecular formula is C15H25NO10. The summed E-state index contributed by atoms with van der Waals surface area (Å²) >= 11 is 0. The van der Waals surface area contributed by atoms with Crippen LogP contribution in [0.15, 0.2) is 0 Å². The van der Waals surface area contributed by atoms with Crippen LogP contribution in [0.1, 0.15) is 0 Å². The number of hydrogen-bond donors (Lipinski definition) is 8. The summed E-state index contributed by atoms with van der Waals surface area (Å²) in [5.74, 6) is 0.324. The monoisotopic (exact) mass is 379 g/mol. The van der Waals surface area contributed by atoms with Crippen molar-refractivity contribution < 1.29 is 50.0 Å². The van der Waals surface area contributed by atoms with Gasteiger partial charge in [-0.2, -0.15) is 0 Å². The number of ether oxygens (including phenoxy) is 3. The van der Waals surface area contributed by atoms with Crippen molar-refractivity contribution >= 4 is 0 Å². The molecule has 0 radical (unpaired) electrons. The fourth-order valence-corrected chi connectivity index (χ4v) is 2.96. The second-order valence-corrected chi connectivity index (χ2v) is 6.21. The van der Waals surface area contributed by atoms with Gasteiger partial charge in [-0.25, -0.2) is 0 Å². The highest BCUT2D eigenvalue weighted by Crippen LogP contribution is 2.35. The standard InChI is InChI=1S/C15H25NO10/c1-2-3-16-6-15(13(23)10(20)8(5-18)25-15)26-14-12(22)11(21)9(19)7(4-17)24-14/h1,7-14,16-23H,3-6H2/t7-,8-,9-,10-,11+,12-,13+,14-,15+/m1/s1. The summed E-state index contributed by atoms with van der Waals surface area (Å²) in [7, 11) is 0. The number of terminal acetylenes is 1. The van der Waals surface area contributed by atoms with E-state index in [-0.39, 0.29) is 13.1 Å². The minimum absolute atomic E-state index is 0.0652. The third kappa shape index (κ3) is 4.01. The van der Waals surface area contributed by atoms with Crippen LogP contribution in [0.4, 0.5) is 0 Å². The molecule has 9 atom stereocenters. The molecule has 0 aromatic heterocycles. The largest absolute Gasteiger partial charge is 0.394 e. The average Bonchev–Trinajstić information content (AvgIpc) is 2.87. The Morgan fingerprint density at radius 3 is 2.15 bits per heavy atom. The van der Waals surface area contributed by atoms with Crippen molar-refractivity contribution in [1.82, 2.24) is 5.32 Å². The second-order valence-electron chi connectivity index (χ2n) is 6.21. The third-order valence-corrected chi connectivity index (χ3v) is 4.45. The Hall–Kier alpha value is -0.880. The maximum atomic E-state index is 10.4. The zero-order valence-corrected chi connectivity index (χ0v) is 13.9. The molecule has 0 aromatic rings. The van der Waals surface area contributed by atoms with Crippen LogP contribution in [0.5, 0.6) is 0 Å². The van der Waals surface area contributed by atoms with E-state index in [9.17, 15) is 35.7 Å². The highest BCUT2D eigenvalue weighted by molar-refractivity contribution is 5.00. The molecule has 0 amide bonds. The molecule has 0 bridgehead atoms. The lowest BCUT2D eigenvalue weighted by Crippen LogP contribution is -2.63. The quantitative estimate of drug-likeness (QED) is 0.156. The predicted molar refractivity (Wildman–Crippen MR) is 83.3 cm³/mol. The number of nitrogens with one attached hydrogen (secondary N) is 1. The molecule has 0 saturated carbocycles. The molecule has 11 nitrogen and oxygen atoms in total. The number of aliphatic hydroxyl groups is 7. The molecule has 150 valence electrons. The topological polar surface area (TPSA) is 181 Å². The first-order valence-corrected chi connectivity index (χ1v) is 8.08. The summed E-state index contributed by atoms with van der Waals surface area (Å²) < 4.78 is 16.2. The Bertz CT molecular complexity index is 499. The van der Waals surface area contributed by atoms with Gasteiger partial charge in [0.2, 0.25) is 5.79 Å². The SMILES string of the molecule is C#CCNC[C@@]1(O[C@H]2O[C@H](CO)[C@@H](O)[C@H](O)[C@H]2O)O[C@H](CO)[C@@H](O)[C@@H]1O. The lowest BCUT2D eigenvalue weighted by molar-refractivity contribution is -0.376. The molecule has 2 fully saturated rings. The molecule has 11 heteroatoms. The van der Waals surface area contributed by atoms with Crippen LogP contribution >= 0.6 is 0 Å². The molecule has 2 aliphatic heterocycles. The maximum Gasteiger partial charge on any atom is 0.213 e. The first-order valence-electron chi connectivity index (χ1n) is 8.08. The molecular weight excluding hydrogens is 354 g/mol. The summed E-state index contributed by atoms with van der Waals surface area (Å²) in [6.07, 6.45) is -7.05. The van der Waals surface area contributed by atoms with Gasteiger partial charge in [0.1, 0.15) is 42.7 Å². The van der Waals surface area contributed by atoms with Gasteiger partial charge in [0.15, 0.2) is 6.29 Å². The molecule has 2 heterocycles. The van der Waals surface area contributed by atoms with E-state index in [0.29, 0.717) is 0 Å². The Morgan fingerprint density at radius 2 is 1.62 bits per heavy atom. The number of rotatable bonds is 7. The van der Waals surface area contributed by atoms with Gasteiger partial charge in [0.25, 0.3) is 0 Å². The van der Waals surface area contributed by atoms with E-state index in [1.807, 2.05) is 0 Å². The van der Waals surface area contributed by atoms with Crippen LogP contribution in [0, 0.1) is 12.3 Å². The van der Waals surface area contributed by atoms with Crippen molar-refractivity contribution in [3.8, 4) is 12.3 Å². The molecule has 2 saturated heterocycles. The average molecular weight is 379 g/mol. The Balaban J connectivity index is 2.22. The van der Waals surface area contributed by atoms with Crippen molar-refractivity contribution in [2.24, 2.45) is 0 Å². The van der Waals surface area contributed by atoms with Crippen LogP contribution in [0.25, 0.3) is 0 Å². The zero-order valence-electron chi connectivity index (χ0n) is 13.9. The molecule has 0 aromatic carbocycles. The smallest absolute Gasteiger partial charge is 0.213 e. The van der Waals surface area contributed by atoms with Gasteiger partial charge in [-0.05, 0) is 0 Å². The zero-order chi connectivity index (χ0) is 19.5. The van der Waals surface area contributed by atoms with Crippen LogP contribution in [0.2, 0.25) is 0 Å². The predicted octanol–water partition coefficient (Wildman–Crippen LogP) is -5.17. The van der Waals surface area contributed by atoms with Gasteiger partial charge < -0.3 is 55.3 Å². The van der Waals surface area contributed by atoms with E-state index in [1.165, 1.54) is 0 Å². The fraction of sp³-hybridized carbons (Fsp3) is 0.867. The molecule has 8 N–H and O–H groups in total. The van der Waals surface area contributed by atoms with E-state index in [0.717, 1.165) is 0 Å². The van der Waals surface area contributed by atoms with E-state index < -0.39 is 68.0 Å². The highest BCUT2D eigenvalue weighted by atomic mass is 16.8.